The van der Waals surface area contributed by atoms with Gasteiger partial charge in [0.15, 0.2) is 5.76 Å². The van der Waals surface area contributed by atoms with E-state index < -0.39 is 10.2 Å². The van der Waals surface area contributed by atoms with Gasteiger partial charge in [-0.2, -0.15) is 17.0 Å². The molecule has 0 saturated carbocycles. The largest absolute Gasteiger partial charge is 0.359 e. The maximum Gasteiger partial charge on any atom is 0.282 e. The lowest BCUT2D eigenvalue weighted by Gasteiger charge is -2.31. The molecule has 0 bridgehead atoms. The van der Waals surface area contributed by atoms with Crippen molar-refractivity contribution in [1.29, 1.82) is 0 Å². The zero-order valence-electron chi connectivity index (χ0n) is 16.0. The van der Waals surface area contributed by atoms with Gasteiger partial charge in [-0.15, -0.1) is 0 Å². The zero-order valence-corrected chi connectivity index (χ0v) is 16.9. The third kappa shape index (κ3) is 4.43. The van der Waals surface area contributed by atoms with E-state index in [2.05, 4.69) is 15.0 Å². The summed E-state index contributed by atoms with van der Waals surface area (Å²) in [5, 5.41) is 4.11. The number of piperidine rings is 1. The summed E-state index contributed by atoms with van der Waals surface area (Å²) in [7, 11) is -3.34. The Hall–Kier alpha value is -1.81. The molecule has 0 aliphatic carbocycles. The maximum absolute atomic E-state index is 12.9. The highest BCUT2D eigenvalue weighted by molar-refractivity contribution is 7.86. The highest BCUT2D eigenvalue weighted by Gasteiger charge is 2.32. The Bertz CT molecular complexity index is 865. The van der Waals surface area contributed by atoms with E-state index >= 15 is 0 Å². The van der Waals surface area contributed by atoms with Crippen LogP contribution in [0.2, 0.25) is 0 Å². The summed E-state index contributed by atoms with van der Waals surface area (Å²) >= 11 is 0. The molecule has 0 amide bonds. The van der Waals surface area contributed by atoms with E-state index in [-0.39, 0.29) is 0 Å². The van der Waals surface area contributed by atoms with E-state index in [1.54, 1.807) is 14.8 Å². The van der Waals surface area contributed by atoms with E-state index in [0.29, 0.717) is 39.3 Å². The molecule has 2 aliphatic heterocycles. The second-order valence-electron chi connectivity index (χ2n) is 7.39. The minimum absolute atomic E-state index is 0.514. The minimum atomic E-state index is -3.34. The van der Waals surface area contributed by atoms with Crippen LogP contribution < -0.4 is 0 Å². The third-order valence-electron chi connectivity index (χ3n) is 5.38. The number of nitrogens with zero attached hydrogens (tertiary/aromatic N) is 5. The van der Waals surface area contributed by atoms with Gasteiger partial charge in [-0.3, -0.25) is 9.88 Å². The molecule has 4 heterocycles. The molecule has 9 heteroatoms. The van der Waals surface area contributed by atoms with Crippen molar-refractivity contribution in [3.63, 3.8) is 0 Å². The molecule has 2 saturated heterocycles. The molecule has 2 aromatic rings. The molecular formula is C19H27N5O3S. The number of hydrogen-bond acceptors (Lipinski definition) is 6. The van der Waals surface area contributed by atoms with Gasteiger partial charge in [0.25, 0.3) is 10.2 Å². The first-order valence-corrected chi connectivity index (χ1v) is 11.4. The lowest BCUT2D eigenvalue weighted by atomic mass is 10.2. The Morgan fingerprint density at radius 1 is 0.893 bits per heavy atom. The monoisotopic (exact) mass is 405 g/mol. The molecule has 0 spiro atoms. The Morgan fingerprint density at radius 2 is 1.68 bits per heavy atom. The molecule has 0 N–H and O–H groups in total. The summed E-state index contributed by atoms with van der Waals surface area (Å²) in [6, 6.07) is 7.60. The predicted octanol–water partition coefficient (Wildman–Crippen LogP) is 1.97. The van der Waals surface area contributed by atoms with Gasteiger partial charge in [-0.1, -0.05) is 17.6 Å². The fourth-order valence-electron chi connectivity index (χ4n) is 3.84. The van der Waals surface area contributed by atoms with Crippen LogP contribution in [0.25, 0.3) is 11.4 Å². The number of hydrogen-bond donors (Lipinski definition) is 0. The van der Waals surface area contributed by atoms with Crippen molar-refractivity contribution >= 4 is 10.2 Å². The van der Waals surface area contributed by atoms with E-state index in [1.807, 2.05) is 24.3 Å². The topological polar surface area (TPSA) is 82.8 Å². The standard InChI is InChI=1S/C19H27N5O3S/c25-28(26,23-10-4-1-5-11-23)24-12-6-9-22(13-14-24)16-17-15-19(21-27-17)18-7-2-3-8-20-18/h2-3,7-8,15H,1,4-6,9-14,16H2. The van der Waals surface area contributed by atoms with Crippen LogP contribution in [0.1, 0.15) is 31.4 Å². The predicted molar refractivity (Wildman–Crippen MR) is 106 cm³/mol. The highest BCUT2D eigenvalue weighted by atomic mass is 32.2. The summed E-state index contributed by atoms with van der Waals surface area (Å²) in [5.74, 6) is 0.771. The summed E-state index contributed by atoms with van der Waals surface area (Å²) in [4.78, 5) is 6.52. The normalized spacial score (nSPS) is 20.9. The Kier molecular flexibility index (Phi) is 6.05. The molecule has 0 atom stereocenters. The van der Waals surface area contributed by atoms with Crippen molar-refractivity contribution in [3.8, 4) is 11.4 Å². The SMILES string of the molecule is O=S(=O)(N1CCCCC1)N1CCCN(Cc2cc(-c3ccccn3)no2)CC1. The summed E-state index contributed by atoms with van der Waals surface area (Å²) in [6.07, 6.45) is 5.59. The van der Waals surface area contributed by atoms with Crippen LogP contribution in [0, 0.1) is 0 Å². The Labute approximate surface area is 166 Å². The number of rotatable bonds is 5. The average Bonchev–Trinajstić information content (AvgIpc) is 3.06. The van der Waals surface area contributed by atoms with Crippen molar-refractivity contribution in [2.45, 2.75) is 32.2 Å². The third-order valence-corrected chi connectivity index (χ3v) is 7.42. The molecule has 28 heavy (non-hydrogen) atoms. The number of aromatic nitrogens is 2. The van der Waals surface area contributed by atoms with Gasteiger partial charge in [0.1, 0.15) is 5.69 Å². The first-order valence-electron chi connectivity index (χ1n) is 9.97. The van der Waals surface area contributed by atoms with Crippen LogP contribution >= 0.6 is 0 Å². The highest BCUT2D eigenvalue weighted by Crippen LogP contribution is 2.20. The van der Waals surface area contributed by atoms with E-state index in [9.17, 15) is 8.42 Å². The molecule has 2 fully saturated rings. The van der Waals surface area contributed by atoms with Crippen LogP contribution in [0.15, 0.2) is 35.0 Å². The summed E-state index contributed by atoms with van der Waals surface area (Å²) in [6.45, 7) is 4.54. The second kappa shape index (κ2) is 8.69. The van der Waals surface area contributed by atoms with E-state index in [1.165, 1.54) is 0 Å². The van der Waals surface area contributed by atoms with Gasteiger partial charge in [-0.25, -0.2) is 0 Å². The minimum Gasteiger partial charge on any atom is -0.359 e. The molecule has 2 aromatic heterocycles. The van der Waals surface area contributed by atoms with Crippen LogP contribution in [-0.4, -0.2) is 71.3 Å². The second-order valence-corrected chi connectivity index (χ2v) is 9.32. The first kappa shape index (κ1) is 19.5. The lowest BCUT2D eigenvalue weighted by Crippen LogP contribution is -2.47. The molecule has 0 aromatic carbocycles. The van der Waals surface area contributed by atoms with E-state index in [4.69, 9.17) is 4.52 Å². The van der Waals surface area contributed by atoms with Gasteiger partial charge in [0.2, 0.25) is 0 Å². The smallest absolute Gasteiger partial charge is 0.282 e. The van der Waals surface area contributed by atoms with Gasteiger partial charge in [-0.05, 0) is 37.9 Å². The van der Waals surface area contributed by atoms with Crippen LogP contribution in [0.3, 0.4) is 0 Å². The van der Waals surface area contributed by atoms with Crippen LogP contribution in [0.5, 0.6) is 0 Å². The van der Waals surface area contributed by atoms with Gasteiger partial charge >= 0.3 is 0 Å². The molecule has 4 rings (SSSR count). The summed E-state index contributed by atoms with van der Waals surface area (Å²) in [5.41, 5.74) is 1.51. The van der Waals surface area contributed by atoms with Gasteiger partial charge < -0.3 is 4.52 Å². The quantitative estimate of drug-likeness (QED) is 0.756. The Morgan fingerprint density at radius 3 is 2.46 bits per heavy atom. The zero-order chi connectivity index (χ0) is 19.4. The van der Waals surface area contributed by atoms with Crippen molar-refractivity contribution in [2.24, 2.45) is 0 Å². The van der Waals surface area contributed by atoms with Crippen molar-refractivity contribution in [2.75, 3.05) is 39.3 Å². The van der Waals surface area contributed by atoms with Gasteiger partial charge in [0, 0.05) is 45.0 Å². The van der Waals surface area contributed by atoms with Crippen LogP contribution in [0.4, 0.5) is 0 Å². The van der Waals surface area contributed by atoms with Crippen molar-refractivity contribution in [3.05, 3.63) is 36.2 Å². The molecular weight excluding hydrogens is 378 g/mol. The van der Waals surface area contributed by atoms with Gasteiger partial charge in [0.05, 0.1) is 12.2 Å². The molecule has 2 aliphatic rings. The summed E-state index contributed by atoms with van der Waals surface area (Å²) < 4.78 is 34.6. The fraction of sp³-hybridized carbons (Fsp3) is 0.579. The average molecular weight is 406 g/mol. The first-order chi connectivity index (χ1) is 13.6. The lowest BCUT2D eigenvalue weighted by molar-refractivity contribution is 0.239. The fourth-order valence-corrected chi connectivity index (χ4v) is 5.56. The van der Waals surface area contributed by atoms with Crippen molar-refractivity contribution < 1.29 is 12.9 Å². The molecule has 152 valence electrons. The molecule has 0 radical (unpaired) electrons. The van der Waals surface area contributed by atoms with E-state index in [0.717, 1.165) is 49.4 Å². The van der Waals surface area contributed by atoms with Crippen molar-refractivity contribution in [1.82, 2.24) is 23.7 Å². The Balaban J connectivity index is 1.36. The molecule has 8 nitrogen and oxygen atoms in total. The maximum atomic E-state index is 12.9. The van der Waals surface area contributed by atoms with Crippen LogP contribution in [-0.2, 0) is 16.8 Å². The molecule has 0 unspecified atom stereocenters. The number of pyridine rings is 1.